The number of para-hydroxylation sites is 1. The lowest BCUT2D eigenvalue weighted by molar-refractivity contribution is -0.385. The maximum Gasteiger partial charge on any atom is 0.273 e. The van der Waals surface area contributed by atoms with Gasteiger partial charge in [0, 0.05) is 24.1 Å². The first kappa shape index (κ1) is 18.4. The quantitative estimate of drug-likeness (QED) is 0.393. The van der Waals surface area contributed by atoms with E-state index in [0.717, 1.165) is 16.9 Å². The van der Waals surface area contributed by atoms with Crippen LogP contribution in [0.5, 0.6) is 0 Å². The summed E-state index contributed by atoms with van der Waals surface area (Å²) in [7, 11) is 0. The number of carbonyl (C=O) groups is 2. The summed E-state index contributed by atoms with van der Waals surface area (Å²) >= 11 is 1.09. The Labute approximate surface area is 158 Å². The molecule has 0 saturated heterocycles. The van der Waals surface area contributed by atoms with E-state index in [0.29, 0.717) is 16.1 Å². The second-order valence-corrected chi connectivity index (χ2v) is 6.73. The molecule has 1 heterocycles. The summed E-state index contributed by atoms with van der Waals surface area (Å²) in [6.45, 7) is 1.44. The SMILES string of the molecule is CC(=O)c1sc(NC(=O)Cc2ccccc2[N+](=O)[O-])nc1-c1ccccc1. The van der Waals surface area contributed by atoms with Crippen LogP contribution in [0.1, 0.15) is 22.2 Å². The third-order valence-electron chi connectivity index (χ3n) is 3.78. The van der Waals surface area contributed by atoms with Gasteiger partial charge in [0.25, 0.3) is 5.69 Å². The summed E-state index contributed by atoms with van der Waals surface area (Å²) in [5, 5.41) is 14.0. The van der Waals surface area contributed by atoms with Gasteiger partial charge in [-0.3, -0.25) is 19.7 Å². The first-order valence-corrected chi connectivity index (χ1v) is 8.86. The highest BCUT2D eigenvalue weighted by atomic mass is 32.1. The Hall–Kier alpha value is -3.39. The molecule has 27 heavy (non-hydrogen) atoms. The Morgan fingerprint density at radius 2 is 1.78 bits per heavy atom. The van der Waals surface area contributed by atoms with E-state index in [1.807, 2.05) is 30.3 Å². The van der Waals surface area contributed by atoms with Crippen LogP contribution in [0, 0.1) is 10.1 Å². The minimum absolute atomic E-state index is 0.110. The molecule has 0 fully saturated rings. The number of anilines is 1. The lowest BCUT2D eigenvalue weighted by Crippen LogP contribution is -2.15. The first-order valence-electron chi connectivity index (χ1n) is 8.05. The molecule has 0 atom stereocenters. The van der Waals surface area contributed by atoms with Crippen LogP contribution >= 0.6 is 11.3 Å². The minimum Gasteiger partial charge on any atom is -0.302 e. The first-order chi connectivity index (χ1) is 13.0. The summed E-state index contributed by atoms with van der Waals surface area (Å²) in [5.41, 5.74) is 1.49. The molecule has 8 heteroatoms. The van der Waals surface area contributed by atoms with E-state index in [2.05, 4.69) is 10.3 Å². The summed E-state index contributed by atoms with van der Waals surface area (Å²) in [4.78, 5) is 39.6. The molecule has 7 nitrogen and oxygen atoms in total. The Bertz CT molecular complexity index is 1010. The number of nitrogens with zero attached hydrogens (tertiary/aromatic N) is 2. The summed E-state index contributed by atoms with van der Waals surface area (Å²) in [5.74, 6) is -0.585. The maximum atomic E-state index is 12.3. The molecule has 0 radical (unpaired) electrons. The molecule has 1 amide bonds. The second kappa shape index (κ2) is 7.88. The van der Waals surface area contributed by atoms with Gasteiger partial charge in [0.15, 0.2) is 10.9 Å². The highest BCUT2D eigenvalue weighted by Crippen LogP contribution is 2.31. The molecule has 136 valence electrons. The van der Waals surface area contributed by atoms with Gasteiger partial charge >= 0.3 is 0 Å². The number of ketones is 1. The predicted molar refractivity (Wildman–Crippen MR) is 103 cm³/mol. The van der Waals surface area contributed by atoms with Gasteiger partial charge in [0.05, 0.1) is 21.9 Å². The van der Waals surface area contributed by atoms with E-state index >= 15 is 0 Å². The Morgan fingerprint density at radius 3 is 2.44 bits per heavy atom. The molecule has 0 unspecified atom stereocenters. The van der Waals surface area contributed by atoms with Crippen molar-refractivity contribution in [3.8, 4) is 11.3 Å². The van der Waals surface area contributed by atoms with Gasteiger partial charge in [-0.1, -0.05) is 59.9 Å². The third kappa shape index (κ3) is 4.24. The normalized spacial score (nSPS) is 10.4. The molecule has 0 aliphatic heterocycles. The fraction of sp³-hybridized carbons (Fsp3) is 0.105. The molecular weight excluding hydrogens is 366 g/mol. The standard InChI is InChI=1S/C19H15N3O4S/c1-12(23)18-17(13-7-3-2-4-8-13)21-19(27-18)20-16(24)11-14-9-5-6-10-15(14)22(25)26/h2-10H,11H2,1H3,(H,20,21,24). The van der Waals surface area contributed by atoms with E-state index in [1.54, 1.807) is 12.1 Å². The van der Waals surface area contributed by atoms with Crippen molar-refractivity contribution in [2.24, 2.45) is 0 Å². The molecule has 0 spiro atoms. The van der Waals surface area contributed by atoms with E-state index in [4.69, 9.17) is 0 Å². The molecule has 2 aromatic carbocycles. The average Bonchev–Trinajstić information content (AvgIpc) is 3.06. The van der Waals surface area contributed by atoms with Gasteiger partial charge in [0.1, 0.15) is 0 Å². The van der Waals surface area contributed by atoms with E-state index in [1.165, 1.54) is 19.1 Å². The number of amides is 1. The van der Waals surface area contributed by atoms with Crippen LogP contribution in [0.3, 0.4) is 0 Å². The number of rotatable bonds is 6. The number of nitro benzene ring substituents is 1. The number of thiazole rings is 1. The lowest BCUT2D eigenvalue weighted by atomic mass is 10.1. The van der Waals surface area contributed by atoms with Crippen LogP contribution in [0.25, 0.3) is 11.3 Å². The van der Waals surface area contributed by atoms with Crippen molar-refractivity contribution < 1.29 is 14.5 Å². The Kier molecular flexibility index (Phi) is 5.37. The number of nitrogens with one attached hydrogen (secondary N) is 1. The summed E-state index contributed by atoms with van der Waals surface area (Å²) in [6.07, 6.45) is -0.160. The number of Topliss-reactive ketones (excluding diaryl/α,β-unsaturated/α-hetero) is 1. The fourth-order valence-corrected chi connectivity index (χ4v) is 3.48. The number of hydrogen-bond donors (Lipinski definition) is 1. The topological polar surface area (TPSA) is 102 Å². The number of benzene rings is 2. The van der Waals surface area contributed by atoms with E-state index in [-0.39, 0.29) is 23.0 Å². The highest BCUT2D eigenvalue weighted by Gasteiger charge is 2.20. The maximum absolute atomic E-state index is 12.3. The largest absolute Gasteiger partial charge is 0.302 e. The van der Waals surface area contributed by atoms with Crippen LogP contribution in [-0.4, -0.2) is 21.6 Å². The smallest absolute Gasteiger partial charge is 0.273 e. The van der Waals surface area contributed by atoms with Crippen molar-refractivity contribution in [1.29, 1.82) is 0 Å². The zero-order chi connectivity index (χ0) is 19.4. The number of carbonyl (C=O) groups excluding carboxylic acids is 2. The molecule has 1 N–H and O–H groups in total. The van der Waals surface area contributed by atoms with E-state index < -0.39 is 10.8 Å². The lowest BCUT2D eigenvalue weighted by Gasteiger charge is -2.03. The monoisotopic (exact) mass is 381 g/mol. The minimum atomic E-state index is -0.520. The van der Waals surface area contributed by atoms with Crippen LogP contribution in [-0.2, 0) is 11.2 Å². The molecule has 1 aromatic heterocycles. The Morgan fingerprint density at radius 1 is 1.11 bits per heavy atom. The van der Waals surface area contributed by atoms with Gasteiger partial charge < -0.3 is 5.32 Å². The van der Waals surface area contributed by atoms with Crippen molar-refractivity contribution in [2.75, 3.05) is 5.32 Å². The van der Waals surface area contributed by atoms with Crippen molar-refractivity contribution in [3.05, 3.63) is 75.2 Å². The van der Waals surface area contributed by atoms with Gasteiger partial charge in [-0.05, 0) is 0 Å². The molecule has 0 aliphatic carbocycles. The highest BCUT2D eigenvalue weighted by molar-refractivity contribution is 7.18. The van der Waals surface area contributed by atoms with Crippen molar-refractivity contribution in [1.82, 2.24) is 4.98 Å². The third-order valence-corrected chi connectivity index (χ3v) is 4.85. The predicted octanol–water partition coefficient (Wildman–Crippen LogP) is 4.10. The zero-order valence-corrected chi connectivity index (χ0v) is 15.2. The molecule has 3 aromatic rings. The van der Waals surface area contributed by atoms with Crippen LogP contribution in [0.4, 0.5) is 10.8 Å². The second-order valence-electron chi connectivity index (χ2n) is 5.73. The molecular formula is C19H15N3O4S. The van der Waals surface area contributed by atoms with Crippen molar-refractivity contribution >= 4 is 33.8 Å². The van der Waals surface area contributed by atoms with Gasteiger partial charge in [0.2, 0.25) is 5.91 Å². The van der Waals surface area contributed by atoms with Crippen molar-refractivity contribution in [2.45, 2.75) is 13.3 Å². The Balaban J connectivity index is 1.83. The zero-order valence-electron chi connectivity index (χ0n) is 14.3. The van der Waals surface area contributed by atoms with E-state index in [9.17, 15) is 19.7 Å². The number of aromatic nitrogens is 1. The van der Waals surface area contributed by atoms with Gasteiger partial charge in [-0.2, -0.15) is 0 Å². The number of hydrogen-bond acceptors (Lipinski definition) is 6. The number of nitro groups is 1. The summed E-state index contributed by atoms with van der Waals surface area (Å²) in [6, 6.07) is 15.3. The molecule has 3 rings (SSSR count). The molecule has 0 bridgehead atoms. The van der Waals surface area contributed by atoms with Crippen LogP contribution in [0.2, 0.25) is 0 Å². The molecule has 0 aliphatic rings. The summed E-state index contributed by atoms with van der Waals surface area (Å²) < 4.78 is 0. The van der Waals surface area contributed by atoms with Crippen LogP contribution < -0.4 is 5.32 Å². The van der Waals surface area contributed by atoms with Crippen molar-refractivity contribution in [3.63, 3.8) is 0 Å². The fourth-order valence-electron chi connectivity index (χ4n) is 2.58. The van der Waals surface area contributed by atoms with Gasteiger partial charge in [-0.25, -0.2) is 4.98 Å². The molecule has 0 saturated carbocycles. The van der Waals surface area contributed by atoms with Crippen LogP contribution in [0.15, 0.2) is 54.6 Å². The van der Waals surface area contributed by atoms with Gasteiger partial charge in [-0.15, -0.1) is 0 Å². The average molecular weight is 381 g/mol.